The normalized spacial score (nSPS) is 17.2. The Bertz CT molecular complexity index is 477. The minimum Gasteiger partial charge on any atom is -0.394 e. The number of nitrogen functional groups attached to an aromatic ring is 1. The van der Waals surface area contributed by atoms with E-state index in [1.165, 1.54) is 0 Å². The van der Waals surface area contributed by atoms with E-state index in [1.54, 1.807) is 0 Å². The number of aliphatic hydroxyl groups is 1. The Balaban J connectivity index is 2.41. The average molecular weight is 265 g/mol. The summed E-state index contributed by atoms with van der Waals surface area (Å²) in [5.74, 6) is 7.62. The van der Waals surface area contributed by atoms with Gasteiger partial charge in [0.05, 0.1) is 12.1 Å². The lowest BCUT2D eigenvalue weighted by Crippen LogP contribution is -2.29. The Hall–Kier alpha value is -1.40. The first-order valence-corrected chi connectivity index (χ1v) is 6.56. The SMILES string of the molecule is Cc1c(NN)nc(C(C)(C)C)nc1NC1(CO)CC1. The molecule has 0 unspecified atom stereocenters. The molecule has 0 radical (unpaired) electrons. The third kappa shape index (κ3) is 2.79. The van der Waals surface area contributed by atoms with E-state index in [4.69, 9.17) is 5.84 Å². The summed E-state index contributed by atoms with van der Waals surface area (Å²) in [5, 5.41) is 12.8. The molecule has 1 heterocycles. The van der Waals surface area contributed by atoms with Crippen molar-refractivity contribution in [3.05, 3.63) is 11.4 Å². The molecule has 1 aliphatic rings. The monoisotopic (exact) mass is 265 g/mol. The van der Waals surface area contributed by atoms with Gasteiger partial charge in [-0.3, -0.25) is 0 Å². The quantitative estimate of drug-likeness (QED) is 0.484. The molecule has 19 heavy (non-hydrogen) atoms. The lowest BCUT2D eigenvalue weighted by atomic mass is 9.95. The maximum absolute atomic E-state index is 9.42. The van der Waals surface area contributed by atoms with Crippen LogP contribution in [0.15, 0.2) is 0 Å². The lowest BCUT2D eigenvalue weighted by Gasteiger charge is -2.23. The van der Waals surface area contributed by atoms with E-state index >= 15 is 0 Å². The van der Waals surface area contributed by atoms with Gasteiger partial charge < -0.3 is 15.8 Å². The molecule has 5 N–H and O–H groups in total. The summed E-state index contributed by atoms with van der Waals surface area (Å²) < 4.78 is 0. The predicted molar refractivity (Wildman–Crippen MR) is 76.0 cm³/mol. The molecule has 1 fully saturated rings. The van der Waals surface area contributed by atoms with E-state index in [-0.39, 0.29) is 17.6 Å². The highest BCUT2D eigenvalue weighted by molar-refractivity contribution is 5.58. The third-order valence-electron chi connectivity index (χ3n) is 3.49. The van der Waals surface area contributed by atoms with Gasteiger partial charge in [-0.1, -0.05) is 20.8 Å². The Morgan fingerprint density at radius 2 is 1.84 bits per heavy atom. The number of anilines is 2. The van der Waals surface area contributed by atoms with Crippen molar-refractivity contribution in [2.45, 2.75) is 51.5 Å². The van der Waals surface area contributed by atoms with Crippen LogP contribution in [0.2, 0.25) is 0 Å². The molecule has 0 aromatic carbocycles. The standard InChI is InChI=1S/C13H23N5O/c1-8-9(17-13(7-19)5-6-13)15-11(12(2,3)4)16-10(8)18-14/h19H,5-7,14H2,1-4H3,(H2,15,16,17,18). The minimum absolute atomic E-state index is 0.118. The largest absolute Gasteiger partial charge is 0.394 e. The summed E-state index contributed by atoms with van der Waals surface area (Å²) in [5.41, 5.74) is 3.12. The Morgan fingerprint density at radius 3 is 2.26 bits per heavy atom. The van der Waals surface area contributed by atoms with Crippen molar-refractivity contribution in [1.82, 2.24) is 9.97 Å². The predicted octanol–water partition coefficient (Wildman–Crippen LogP) is 1.30. The highest BCUT2D eigenvalue weighted by Gasteiger charge is 2.43. The Labute approximate surface area is 113 Å². The van der Waals surface area contributed by atoms with E-state index in [2.05, 4.69) is 41.5 Å². The second-order valence-corrected chi connectivity index (χ2v) is 6.33. The molecule has 6 nitrogen and oxygen atoms in total. The highest BCUT2D eigenvalue weighted by atomic mass is 16.3. The van der Waals surface area contributed by atoms with Gasteiger partial charge >= 0.3 is 0 Å². The summed E-state index contributed by atoms with van der Waals surface area (Å²) in [6.45, 7) is 8.20. The molecular weight excluding hydrogens is 242 g/mol. The molecule has 2 rings (SSSR count). The molecule has 1 aliphatic carbocycles. The van der Waals surface area contributed by atoms with Gasteiger partial charge in [0.2, 0.25) is 0 Å². The summed E-state index contributed by atoms with van der Waals surface area (Å²) in [6, 6.07) is 0. The maximum Gasteiger partial charge on any atom is 0.148 e. The van der Waals surface area contributed by atoms with Crippen LogP contribution in [0.1, 0.15) is 45.0 Å². The van der Waals surface area contributed by atoms with E-state index in [1.807, 2.05) is 6.92 Å². The molecule has 1 saturated carbocycles. The van der Waals surface area contributed by atoms with Crippen LogP contribution < -0.4 is 16.6 Å². The first-order chi connectivity index (χ1) is 8.81. The first-order valence-electron chi connectivity index (χ1n) is 6.56. The fourth-order valence-corrected chi connectivity index (χ4v) is 1.84. The van der Waals surface area contributed by atoms with Gasteiger partial charge in [-0.15, -0.1) is 0 Å². The van der Waals surface area contributed by atoms with Crippen LogP contribution in [0.25, 0.3) is 0 Å². The molecular formula is C13H23N5O. The van der Waals surface area contributed by atoms with Crippen LogP contribution in [-0.4, -0.2) is 27.2 Å². The average Bonchev–Trinajstić information content (AvgIpc) is 3.11. The van der Waals surface area contributed by atoms with Crippen LogP contribution in [0.4, 0.5) is 11.6 Å². The second kappa shape index (κ2) is 4.61. The molecule has 0 aliphatic heterocycles. The first kappa shape index (κ1) is 14.0. The minimum atomic E-state index is -0.208. The fourth-order valence-electron chi connectivity index (χ4n) is 1.84. The van der Waals surface area contributed by atoms with Crippen LogP contribution in [-0.2, 0) is 5.41 Å². The number of aliphatic hydroxyl groups excluding tert-OH is 1. The number of hydrazine groups is 1. The molecule has 6 heteroatoms. The summed E-state index contributed by atoms with van der Waals surface area (Å²) in [4.78, 5) is 9.05. The molecule has 1 aromatic rings. The molecule has 0 saturated heterocycles. The Kier molecular flexibility index (Phi) is 3.40. The number of aromatic nitrogens is 2. The molecule has 0 atom stereocenters. The zero-order valence-electron chi connectivity index (χ0n) is 12.0. The van der Waals surface area contributed by atoms with Crippen LogP contribution in [0.3, 0.4) is 0 Å². The summed E-state index contributed by atoms with van der Waals surface area (Å²) in [7, 11) is 0. The fraction of sp³-hybridized carbons (Fsp3) is 0.692. The number of nitrogens with two attached hydrogens (primary N) is 1. The number of hydrogen-bond donors (Lipinski definition) is 4. The Morgan fingerprint density at radius 1 is 1.26 bits per heavy atom. The van der Waals surface area contributed by atoms with Gasteiger partial charge in [-0.2, -0.15) is 0 Å². The van der Waals surface area contributed by atoms with E-state index < -0.39 is 0 Å². The summed E-state index contributed by atoms with van der Waals surface area (Å²) >= 11 is 0. The highest BCUT2D eigenvalue weighted by Crippen LogP contribution is 2.39. The van der Waals surface area contributed by atoms with Crippen LogP contribution in [0.5, 0.6) is 0 Å². The molecule has 0 spiro atoms. The molecule has 106 valence electrons. The number of hydrogen-bond acceptors (Lipinski definition) is 6. The van der Waals surface area contributed by atoms with Gasteiger partial charge in [-0.05, 0) is 19.8 Å². The van der Waals surface area contributed by atoms with Crippen molar-refractivity contribution in [2.75, 3.05) is 17.3 Å². The lowest BCUT2D eigenvalue weighted by molar-refractivity contribution is 0.266. The van der Waals surface area contributed by atoms with Crippen molar-refractivity contribution < 1.29 is 5.11 Å². The smallest absolute Gasteiger partial charge is 0.148 e. The van der Waals surface area contributed by atoms with Crippen molar-refractivity contribution in [3.8, 4) is 0 Å². The number of nitrogens with one attached hydrogen (secondary N) is 2. The van der Waals surface area contributed by atoms with Crippen molar-refractivity contribution >= 4 is 11.6 Å². The molecule has 1 aromatic heterocycles. The topological polar surface area (TPSA) is 96.1 Å². The third-order valence-corrected chi connectivity index (χ3v) is 3.49. The van der Waals surface area contributed by atoms with Crippen molar-refractivity contribution in [1.29, 1.82) is 0 Å². The zero-order chi connectivity index (χ0) is 14.3. The van der Waals surface area contributed by atoms with E-state index in [0.29, 0.717) is 5.82 Å². The number of rotatable bonds is 4. The number of nitrogens with zero attached hydrogens (tertiary/aromatic N) is 2. The van der Waals surface area contributed by atoms with Gasteiger partial charge in [0.25, 0.3) is 0 Å². The van der Waals surface area contributed by atoms with E-state index in [9.17, 15) is 5.11 Å². The molecule has 0 bridgehead atoms. The van der Waals surface area contributed by atoms with Gasteiger partial charge in [-0.25, -0.2) is 15.8 Å². The van der Waals surface area contributed by atoms with Crippen molar-refractivity contribution in [3.63, 3.8) is 0 Å². The second-order valence-electron chi connectivity index (χ2n) is 6.33. The van der Waals surface area contributed by atoms with E-state index in [0.717, 1.165) is 30.0 Å². The maximum atomic E-state index is 9.42. The molecule has 0 amide bonds. The van der Waals surface area contributed by atoms with Crippen LogP contribution in [0, 0.1) is 6.92 Å². The van der Waals surface area contributed by atoms with Gasteiger partial charge in [0.15, 0.2) is 0 Å². The van der Waals surface area contributed by atoms with Crippen molar-refractivity contribution in [2.24, 2.45) is 5.84 Å². The van der Waals surface area contributed by atoms with Gasteiger partial charge in [0, 0.05) is 11.0 Å². The van der Waals surface area contributed by atoms with Crippen LogP contribution >= 0.6 is 0 Å². The van der Waals surface area contributed by atoms with Gasteiger partial charge in [0.1, 0.15) is 17.5 Å². The zero-order valence-corrected chi connectivity index (χ0v) is 12.0. The summed E-state index contributed by atoms with van der Waals surface area (Å²) in [6.07, 6.45) is 1.92.